The highest BCUT2D eigenvalue weighted by Gasteiger charge is 2.24. The fraction of sp³-hybridized carbons (Fsp3) is 0.714. The summed E-state index contributed by atoms with van der Waals surface area (Å²) >= 11 is 0. The van der Waals surface area contributed by atoms with E-state index >= 15 is 0 Å². The van der Waals surface area contributed by atoms with Gasteiger partial charge >= 0.3 is 0 Å². The normalized spacial score (nSPS) is 23.3. The number of rotatable bonds is 6. The Labute approximate surface area is 153 Å². The van der Waals surface area contributed by atoms with Crippen LogP contribution in [-0.4, -0.2) is 49.5 Å². The Morgan fingerprint density at radius 3 is 2.40 bits per heavy atom. The van der Waals surface area contributed by atoms with E-state index in [1.165, 1.54) is 6.42 Å². The van der Waals surface area contributed by atoms with Crippen LogP contribution in [0.3, 0.4) is 0 Å². The molecule has 0 saturated carbocycles. The van der Waals surface area contributed by atoms with Gasteiger partial charge in [0.25, 0.3) is 0 Å². The summed E-state index contributed by atoms with van der Waals surface area (Å²) in [7, 11) is 1.67. The molecular weight excluding hydrogens is 314 g/mol. The van der Waals surface area contributed by atoms with Crippen LogP contribution < -0.4 is 9.47 Å². The van der Waals surface area contributed by atoms with Crippen LogP contribution in [0, 0.1) is 11.8 Å². The highest BCUT2D eigenvalue weighted by Crippen LogP contribution is 2.34. The molecule has 25 heavy (non-hydrogen) atoms. The van der Waals surface area contributed by atoms with E-state index in [1.54, 1.807) is 7.11 Å². The number of aliphatic hydroxyl groups is 1. The Kier molecular flexibility index (Phi) is 6.75. The summed E-state index contributed by atoms with van der Waals surface area (Å²) in [5.41, 5.74) is 1.05. The summed E-state index contributed by atoms with van der Waals surface area (Å²) in [5, 5.41) is 10.4. The quantitative estimate of drug-likeness (QED) is 0.850. The van der Waals surface area contributed by atoms with Gasteiger partial charge in [-0.2, -0.15) is 0 Å². The van der Waals surface area contributed by atoms with Crippen LogP contribution in [-0.2, 0) is 5.41 Å². The Bertz CT molecular complexity index is 543. The van der Waals surface area contributed by atoms with Crippen LogP contribution in [0.15, 0.2) is 18.2 Å². The monoisotopic (exact) mass is 349 g/mol. The van der Waals surface area contributed by atoms with Crippen molar-refractivity contribution in [3.05, 3.63) is 23.8 Å². The van der Waals surface area contributed by atoms with Gasteiger partial charge in [0.2, 0.25) is 0 Å². The van der Waals surface area contributed by atoms with Gasteiger partial charge in [-0.3, -0.25) is 0 Å². The Balaban J connectivity index is 1.96. The predicted molar refractivity (Wildman–Crippen MR) is 103 cm³/mol. The Morgan fingerprint density at radius 2 is 1.84 bits per heavy atom. The third kappa shape index (κ3) is 5.89. The Morgan fingerprint density at radius 1 is 1.20 bits per heavy atom. The van der Waals surface area contributed by atoms with E-state index in [4.69, 9.17) is 9.47 Å². The van der Waals surface area contributed by atoms with Crippen molar-refractivity contribution < 1.29 is 14.6 Å². The number of likely N-dealkylation sites (tertiary alicyclic amines) is 1. The second kappa shape index (κ2) is 8.41. The van der Waals surface area contributed by atoms with E-state index < -0.39 is 6.10 Å². The van der Waals surface area contributed by atoms with Crippen molar-refractivity contribution in [3.63, 3.8) is 0 Å². The van der Waals surface area contributed by atoms with Crippen molar-refractivity contribution in [1.82, 2.24) is 4.90 Å². The minimum Gasteiger partial charge on any atom is -0.497 e. The molecule has 142 valence electrons. The fourth-order valence-electron chi connectivity index (χ4n) is 3.83. The van der Waals surface area contributed by atoms with Crippen molar-refractivity contribution in [2.24, 2.45) is 11.8 Å². The molecule has 1 fully saturated rings. The molecule has 1 aliphatic heterocycles. The average molecular weight is 350 g/mol. The standard InChI is InChI=1S/C21H35NO3/c1-15-9-16(2)12-22(11-15)13-17(23)14-25-20-8-7-18(24-6)10-19(20)21(3,4)5/h7-8,10,15-17,23H,9,11-14H2,1-6H3/t15-,16-,17-/m1/s1. The Hall–Kier alpha value is -1.26. The molecule has 1 heterocycles. The molecular formula is C21H35NO3. The van der Waals surface area contributed by atoms with Gasteiger partial charge < -0.3 is 19.5 Å². The van der Waals surface area contributed by atoms with Crippen molar-refractivity contribution in [2.45, 2.75) is 52.6 Å². The maximum atomic E-state index is 10.4. The predicted octanol–water partition coefficient (Wildman–Crippen LogP) is 3.71. The molecule has 1 aliphatic rings. The van der Waals surface area contributed by atoms with Crippen LogP contribution in [0.1, 0.15) is 46.6 Å². The van der Waals surface area contributed by atoms with Gasteiger partial charge in [0.1, 0.15) is 24.2 Å². The summed E-state index contributed by atoms with van der Waals surface area (Å²) in [5.74, 6) is 3.05. The van der Waals surface area contributed by atoms with Gasteiger partial charge in [-0.15, -0.1) is 0 Å². The molecule has 0 aromatic heterocycles. The maximum Gasteiger partial charge on any atom is 0.123 e. The first-order valence-corrected chi connectivity index (χ1v) is 9.40. The number of benzene rings is 1. The highest BCUT2D eigenvalue weighted by atomic mass is 16.5. The van der Waals surface area contributed by atoms with Gasteiger partial charge in [0.15, 0.2) is 0 Å². The summed E-state index contributed by atoms with van der Waals surface area (Å²) in [6, 6.07) is 5.87. The van der Waals surface area contributed by atoms with Crippen molar-refractivity contribution in [3.8, 4) is 11.5 Å². The zero-order chi connectivity index (χ0) is 18.6. The van der Waals surface area contributed by atoms with Crippen molar-refractivity contribution in [1.29, 1.82) is 0 Å². The largest absolute Gasteiger partial charge is 0.497 e. The zero-order valence-corrected chi connectivity index (χ0v) is 16.7. The van der Waals surface area contributed by atoms with Crippen LogP contribution in [0.2, 0.25) is 0 Å². The lowest BCUT2D eigenvalue weighted by atomic mass is 9.86. The lowest BCUT2D eigenvalue weighted by Gasteiger charge is -2.36. The molecule has 4 heteroatoms. The van der Waals surface area contributed by atoms with Gasteiger partial charge in [0.05, 0.1) is 7.11 Å². The molecule has 0 aliphatic carbocycles. The summed E-state index contributed by atoms with van der Waals surface area (Å²) in [4.78, 5) is 2.37. The lowest BCUT2D eigenvalue weighted by Crippen LogP contribution is -2.44. The summed E-state index contributed by atoms with van der Waals surface area (Å²) in [6.07, 6.45) is 0.802. The molecule has 0 bridgehead atoms. The maximum absolute atomic E-state index is 10.4. The smallest absolute Gasteiger partial charge is 0.123 e. The first-order chi connectivity index (χ1) is 11.7. The van der Waals surface area contributed by atoms with E-state index in [0.717, 1.165) is 30.2 Å². The third-order valence-electron chi connectivity index (χ3n) is 4.84. The van der Waals surface area contributed by atoms with Crippen molar-refractivity contribution >= 4 is 0 Å². The molecule has 0 radical (unpaired) electrons. The van der Waals surface area contributed by atoms with Gasteiger partial charge in [-0.1, -0.05) is 34.6 Å². The first-order valence-electron chi connectivity index (χ1n) is 9.40. The van der Waals surface area contributed by atoms with Gasteiger partial charge in [-0.05, 0) is 41.9 Å². The van der Waals surface area contributed by atoms with Gasteiger partial charge in [0, 0.05) is 25.2 Å². The summed E-state index contributed by atoms with van der Waals surface area (Å²) in [6.45, 7) is 14.2. The molecule has 1 N–H and O–H groups in total. The number of β-amino-alcohol motifs (C(OH)–C–C–N with tert-alkyl or cyclic N) is 1. The minimum absolute atomic E-state index is 0.0490. The van der Waals surface area contributed by atoms with E-state index in [1.807, 2.05) is 18.2 Å². The molecule has 1 aromatic rings. The van der Waals surface area contributed by atoms with Crippen LogP contribution in [0.25, 0.3) is 0 Å². The molecule has 0 unspecified atom stereocenters. The summed E-state index contributed by atoms with van der Waals surface area (Å²) < 4.78 is 11.3. The van der Waals surface area contributed by atoms with E-state index in [9.17, 15) is 5.11 Å². The van der Waals surface area contributed by atoms with Gasteiger partial charge in [-0.25, -0.2) is 0 Å². The van der Waals surface area contributed by atoms with E-state index in [0.29, 0.717) is 25.0 Å². The molecule has 1 saturated heterocycles. The fourth-order valence-corrected chi connectivity index (χ4v) is 3.83. The highest BCUT2D eigenvalue weighted by molar-refractivity contribution is 5.44. The number of nitrogens with zero attached hydrogens (tertiary/aromatic N) is 1. The molecule has 4 nitrogen and oxygen atoms in total. The van der Waals surface area contributed by atoms with E-state index in [2.05, 4.69) is 39.5 Å². The topological polar surface area (TPSA) is 41.9 Å². The minimum atomic E-state index is -0.479. The molecule has 2 rings (SSSR count). The molecule has 3 atom stereocenters. The SMILES string of the molecule is COc1ccc(OC[C@H](O)CN2C[C@H](C)C[C@@H](C)C2)c(C(C)(C)C)c1. The number of aliphatic hydroxyl groups excluding tert-OH is 1. The number of hydrogen-bond acceptors (Lipinski definition) is 4. The second-order valence-corrected chi connectivity index (χ2v) is 8.74. The van der Waals surface area contributed by atoms with Crippen LogP contribution in [0.4, 0.5) is 0 Å². The van der Waals surface area contributed by atoms with E-state index in [-0.39, 0.29) is 5.41 Å². The second-order valence-electron chi connectivity index (χ2n) is 8.74. The van der Waals surface area contributed by atoms with Crippen LogP contribution in [0.5, 0.6) is 11.5 Å². The number of hydrogen-bond donors (Lipinski definition) is 1. The number of methoxy groups -OCH3 is 1. The molecule has 0 amide bonds. The molecule has 0 spiro atoms. The van der Waals surface area contributed by atoms with Crippen molar-refractivity contribution in [2.75, 3.05) is 33.4 Å². The number of piperidine rings is 1. The third-order valence-corrected chi connectivity index (χ3v) is 4.84. The van der Waals surface area contributed by atoms with Crippen LogP contribution >= 0.6 is 0 Å². The number of ether oxygens (including phenoxy) is 2. The average Bonchev–Trinajstić information content (AvgIpc) is 2.50. The zero-order valence-electron chi connectivity index (χ0n) is 16.7. The first kappa shape index (κ1) is 20.1. The lowest BCUT2D eigenvalue weighted by molar-refractivity contribution is 0.0424. The molecule has 1 aromatic carbocycles.